The summed E-state index contributed by atoms with van der Waals surface area (Å²) in [6, 6.07) is 19.5. The molecule has 6 nitrogen and oxygen atoms in total. The maximum Gasteiger partial charge on any atom is 0.329 e. The number of methoxy groups -OCH3 is 2. The molecule has 0 unspecified atom stereocenters. The lowest BCUT2D eigenvalue weighted by Crippen LogP contribution is -2.50. The molecule has 1 heterocycles. The molecule has 4 rings (SSSR count). The topological polar surface area (TPSA) is 65.1 Å². The second-order valence-corrected chi connectivity index (χ2v) is 11.3. The maximum absolute atomic E-state index is 14.1. The standard InChI is InChI=1S/C36H45NO5/c1-7-30(29-21-25(3)26(4)34(23-29)41-6)35(38)37-20-12-11-15-31(37)36(39)42-32(28-13-9-8-10-14-28)19-18-27-17-16-24(2)33(22-27)40-5/h8-10,13-14,16-17,21-23,30-32H,7,11-12,15,18-20H2,1-6H3/t30-,31-,32-/m0/s1. The number of hydrogen-bond acceptors (Lipinski definition) is 5. The van der Waals surface area contributed by atoms with E-state index in [0.29, 0.717) is 25.8 Å². The van der Waals surface area contributed by atoms with E-state index < -0.39 is 12.1 Å². The van der Waals surface area contributed by atoms with Crippen molar-refractivity contribution in [2.45, 2.75) is 84.3 Å². The molecule has 1 aliphatic heterocycles. The highest BCUT2D eigenvalue weighted by atomic mass is 16.5. The molecule has 3 aromatic rings. The number of rotatable bonds is 11. The summed E-state index contributed by atoms with van der Waals surface area (Å²) in [5.41, 5.74) is 6.24. The first kappa shape index (κ1) is 31.1. The number of amides is 1. The zero-order valence-corrected chi connectivity index (χ0v) is 25.9. The minimum atomic E-state index is -0.598. The number of carbonyl (C=O) groups is 2. The van der Waals surface area contributed by atoms with Crippen molar-refractivity contribution in [1.29, 1.82) is 0 Å². The van der Waals surface area contributed by atoms with Crippen molar-refractivity contribution in [3.8, 4) is 11.5 Å². The number of aryl methyl sites for hydroxylation is 3. The van der Waals surface area contributed by atoms with Gasteiger partial charge in [0, 0.05) is 6.54 Å². The predicted octanol–water partition coefficient (Wildman–Crippen LogP) is 7.42. The first-order chi connectivity index (χ1) is 20.3. The lowest BCUT2D eigenvalue weighted by atomic mass is 9.90. The Morgan fingerprint density at radius 1 is 0.881 bits per heavy atom. The first-order valence-corrected chi connectivity index (χ1v) is 15.1. The smallest absolute Gasteiger partial charge is 0.329 e. The number of benzene rings is 3. The molecule has 1 amide bonds. The molecule has 224 valence electrons. The SMILES string of the molecule is CC[C@H](C(=O)N1CCCC[C@H]1C(=O)O[C@@H](CCc1ccc(C)c(OC)c1)c1ccccc1)c1cc(C)c(C)c(OC)c1. The molecular formula is C36H45NO5. The fourth-order valence-corrected chi connectivity index (χ4v) is 5.96. The van der Waals surface area contributed by atoms with Crippen LogP contribution in [0, 0.1) is 20.8 Å². The van der Waals surface area contributed by atoms with Gasteiger partial charge in [0.25, 0.3) is 0 Å². The fraction of sp³-hybridized carbons (Fsp3) is 0.444. The Labute approximate surface area is 251 Å². The van der Waals surface area contributed by atoms with Crippen molar-refractivity contribution >= 4 is 11.9 Å². The number of ether oxygens (including phenoxy) is 3. The van der Waals surface area contributed by atoms with E-state index in [1.807, 2.05) is 70.2 Å². The summed E-state index contributed by atoms with van der Waals surface area (Å²) in [4.78, 5) is 29.7. The van der Waals surface area contributed by atoms with E-state index in [2.05, 4.69) is 18.2 Å². The normalized spacial score (nSPS) is 16.4. The molecule has 3 aromatic carbocycles. The van der Waals surface area contributed by atoms with Gasteiger partial charge in [0.05, 0.1) is 20.1 Å². The van der Waals surface area contributed by atoms with Crippen LogP contribution in [0.4, 0.5) is 0 Å². The first-order valence-electron chi connectivity index (χ1n) is 15.1. The molecule has 0 aliphatic carbocycles. The molecule has 0 saturated carbocycles. The van der Waals surface area contributed by atoms with Gasteiger partial charge in [0.2, 0.25) is 5.91 Å². The van der Waals surface area contributed by atoms with E-state index >= 15 is 0 Å². The van der Waals surface area contributed by atoms with Crippen molar-refractivity contribution in [3.05, 3.63) is 94.0 Å². The quantitative estimate of drug-likeness (QED) is 0.224. The van der Waals surface area contributed by atoms with Gasteiger partial charge in [-0.2, -0.15) is 0 Å². The third-order valence-corrected chi connectivity index (χ3v) is 8.63. The van der Waals surface area contributed by atoms with E-state index in [9.17, 15) is 9.59 Å². The predicted molar refractivity (Wildman–Crippen MR) is 166 cm³/mol. The van der Waals surface area contributed by atoms with Crippen molar-refractivity contribution in [2.75, 3.05) is 20.8 Å². The highest BCUT2D eigenvalue weighted by Gasteiger charge is 2.37. The van der Waals surface area contributed by atoms with Crippen molar-refractivity contribution in [2.24, 2.45) is 0 Å². The van der Waals surface area contributed by atoms with Crippen LogP contribution in [-0.4, -0.2) is 43.6 Å². The van der Waals surface area contributed by atoms with Crippen LogP contribution in [0.25, 0.3) is 0 Å². The lowest BCUT2D eigenvalue weighted by molar-refractivity contribution is -0.162. The molecule has 0 N–H and O–H groups in total. The second kappa shape index (κ2) is 14.4. The summed E-state index contributed by atoms with van der Waals surface area (Å²) in [7, 11) is 3.33. The third-order valence-electron chi connectivity index (χ3n) is 8.63. The molecular weight excluding hydrogens is 526 g/mol. The van der Waals surface area contributed by atoms with Crippen LogP contribution < -0.4 is 9.47 Å². The van der Waals surface area contributed by atoms with Gasteiger partial charge >= 0.3 is 5.97 Å². The molecule has 3 atom stereocenters. The van der Waals surface area contributed by atoms with Crippen molar-refractivity contribution in [3.63, 3.8) is 0 Å². The van der Waals surface area contributed by atoms with Crippen LogP contribution in [0.2, 0.25) is 0 Å². The number of likely N-dealkylation sites (tertiary alicyclic amines) is 1. The molecule has 6 heteroatoms. The van der Waals surface area contributed by atoms with Gasteiger partial charge in [-0.15, -0.1) is 0 Å². The molecule has 0 spiro atoms. The van der Waals surface area contributed by atoms with E-state index in [1.54, 1.807) is 19.1 Å². The number of esters is 1. The van der Waals surface area contributed by atoms with Crippen LogP contribution in [-0.2, 0) is 20.7 Å². The van der Waals surface area contributed by atoms with Gasteiger partial charge in [0.15, 0.2) is 0 Å². The summed E-state index contributed by atoms with van der Waals surface area (Å²) in [5, 5.41) is 0. The van der Waals surface area contributed by atoms with Gasteiger partial charge in [-0.3, -0.25) is 4.79 Å². The minimum absolute atomic E-state index is 0.0209. The van der Waals surface area contributed by atoms with E-state index in [0.717, 1.165) is 64.1 Å². The Hall–Kier alpha value is -3.80. The van der Waals surface area contributed by atoms with Crippen molar-refractivity contribution < 1.29 is 23.8 Å². The highest BCUT2D eigenvalue weighted by molar-refractivity contribution is 5.89. The van der Waals surface area contributed by atoms with Crippen LogP contribution in [0.1, 0.15) is 84.4 Å². The number of carbonyl (C=O) groups excluding carboxylic acids is 2. The third kappa shape index (κ3) is 7.15. The lowest BCUT2D eigenvalue weighted by Gasteiger charge is -2.37. The summed E-state index contributed by atoms with van der Waals surface area (Å²) < 4.78 is 17.4. The Kier molecular flexibility index (Phi) is 10.7. The Morgan fingerprint density at radius 2 is 1.62 bits per heavy atom. The number of hydrogen-bond donors (Lipinski definition) is 0. The fourth-order valence-electron chi connectivity index (χ4n) is 5.96. The Bertz CT molecular complexity index is 1370. The Morgan fingerprint density at radius 3 is 2.31 bits per heavy atom. The summed E-state index contributed by atoms with van der Waals surface area (Å²) in [6.45, 7) is 8.66. The minimum Gasteiger partial charge on any atom is -0.496 e. The van der Waals surface area contributed by atoms with Crippen LogP contribution in [0.15, 0.2) is 60.7 Å². The average Bonchev–Trinajstić information content (AvgIpc) is 3.02. The Balaban J connectivity index is 1.55. The zero-order valence-electron chi connectivity index (χ0n) is 25.9. The van der Waals surface area contributed by atoms with E-state index in [4.69, 9.17) is 14.2 Å². The maximum atomic E-state index is 14.1. The zero-order chi connectivity index (χ0) is 30.2. The summed E-state index contributed by atoms with van der Waals surface area (Å²) in [5.74, 6) is 0.929. The average molecular weight is 572 g/mol. The van der Waals surface area contributed by atoms with Gasteiger partial charge in [-0.25, -0.2) is 4.79 Å². The molecule has 1 aliphatic rings. The van der Waals surface area contributed by atoms with Crippen LogP contribution in [0.5, 0.6) is 11.5 Å². The number of piperidine rings is 1. The summed E-state index contributed by atoms with van der Waals surface area (Å²) >= 11 is 0. The summed E-state index contributed by atoms with van der Waals surface area (Å²) in [6.07, 6.45) is 3.93. The van der Waals surface area contributed by atoms with Gasteiger partial charge in [-0.05, 0) is 105 Å². The molecule has 1 fully saturated rings. The molecule has 1 saturated heterocycles. The van der Waals surface area contributed by atoms with E-state index in [-0.39, 0.29) is 17.8 Å². The molecule has 0 bridgehead atoms. The second-order valence-electron chi connectivity index (χ2n) is 11.3. The molecule has 0 aromatic heterocycles. The number of nitrogens with zero attached hydrogens (tertiary/aromatic N) is 1. The van der Waals surface area contributed by atoms with Gasteiger partial charge in [0.1, 0.15) is 23.6 Å². The van der Waals surface area contributed by atoms with Crippen molar-refractivity contribution in [1.82, 2.24) is 4.90 Å². The monoisotopic (exact) mass is 571 g/mol. The molecule has 0 radical (unpaired) electrons. The van der Waals surface area contributed by atoms with Gasteiger partial charge < -0.3 is 19.1 Å². The van der Waals surface area contributed by atoms with Gasteiger partial charge in [-0.1, -0.05) is 55.5 Å². The largest absolute Gasteiger partial charge is 0.496 e. The molecule has 42 heavy (non-hydrogen) atoms. The van der Waals surface area contributed by atoms with Crippen LogP contribution in [0.3, 0.4) is 0 Å². The highest BCUT2D eigenvalue weighted by Crippen LogP contribution is 2.33. The van der Waals surface area contributed by atoms with E-state index in [1.165, 1.54) is 0 Å². The van der Waals surface area contributed by atoms with Crippen LogP contribution >= 0.6 is 0 Å².